The molecule has 0 atom stereocenters. The van der Waals surface area contributed by atoms with E-state index in [0.29, 0.717) is 6.79 Å². The van der Waals surface area contributed by atoms with Crippen LogP contribution in [0.3, 0.4) is 0 Å². The van der Waals surface area contributed by atoms with Crippen molar-refractivity contribution in [3.63, 3.8) is 0 Å². The first-order valence-corrected chi connectivity index (χ1v) is 8.02. The molecule has 1 saturated heterocycles. The zero-order valence-corrected chi connectivity index (χ0v) is 13.2. The molecule has 0 unspecified atom stereocenters. The molecule has 4 heteroatoms. The SMILES string of the molecule is Cc1cc2c(cc1CN(C)CCN1CCCCC1)OCO2. The van der Waals surface area contributed by atoms with E-state index in [9.17, 15) is 0 Å². The lowest BCUT2D eigenvalue weighted by Gasteiger charge is -2.28. The van der Waals surface area contributed by atoms with Crippen molar-refractivity contribution in [1.29, 1.82) is 0 Å². The second kappa shape index (κ2) is 6.67. The fourth-order valence-electron chi connectivity index (χ4n) is 3.12. The second-order valence-electron chi connectivity index (χ2n) is 6.27. The van der Waals surface area contributed by atoms with Gasteiger partial charge in [0, 0.05) is 19.6 Å². The van der Waals surface area contributed by atoms with Crippen molar-refractivity contribution in [3.05, 3.63) is 23.3 Å². The minimum atomic E-state index is 0.350. The standard InChI is InChI=1S/C17H26N2O2/c1-14-10-16-17(21-13-20-16)11-15(14)12-18(2)8-9-19-6-4-3-5-7-19/h10-11H,3-9,12-13H2,1-2H3. The van der Waals surface area contributed by atoms with Gasteiger partial charge in [0.1, 0.15) is 0 Å². The Bertz CT molecular complexity index is 484. The Morgan fingerprint density at radius 2 is 1.81 bits per heavy atom. The van der Waals surface area contributed by atoms with Crippen LogP contribution in [-0.4, -0.2) is 49.8 Å². The minimum Gasteiger partial charge on any atom is -0.454 e. The van der Waals surface area contributed by atoms with Crippen LogP contribution in [0.5, 0.6) is 11.5 Å². The monoisotopic (exact) mass is 290 g/mol. The molecular formula is C17H26N2O2. The van der Waals surface area contributed by atoms with E-state index in [-0.39, 0.29) is 0 Å². The van der Waals surface area contributed by atoms with Crippen molar-refractivity contribution in [1.82, 2.24) is 9.80 Å². The molecule has 21 heavy (non-hydrogen) atoms. The maximum Gasteiger partial charge on any atom is 0.231 e. The lowest BCUT2D eigenvalue weighted by Crippen LogP contribution is -2.36. The van der Waals surface area contributed by atoms with Gasteiger partial charge in [0.25, 0.3) is 0 Å². The molecule has 2 aliphatic heterocycles. The second-order valence-corrected chi connectivity index (χ2v) is 6.27. The molecule has 0 bridgehead atoms. The van der Waals surface area contributed by atoms with Crippen molar-refractivity contribution < 1.29 is 9.47 Å². The third-order valence-electron chi connectivity index (χ3n) is 4.52. The van der Waals surface area contributed by atoms with Crippen molar-refractivity contribution in [3.8, 4) is 11.5 Å². The summed E-state index contributed by atoms with van der Waals surface area (Å²) in [6.45, 7) is 8.32. The van der Waals surface area contributed by atoms with Crippen LogP contribution in [0, 0.1) is 6.92 Å². The number of aryl methyl sites for hydroxylation is 1. The molecular weight excluding hydrogens is 264 g/mol. The smallest absolute Gasteiger partial charge is 0.231 e. The van der Waals surface area contributed by atoms with Gasteiger partial charge in [0.15, 0.2) is 11.5 Å². The molecule has 0 N–H and O–H groups in total. The molecule has 0 aliphatic carbocycles. The van der Waals surface area contributed by atoms with Gasteiger partial charge in [-0.3, -0.25) is 0 Å². The molecule has 2 aliphatic rings. The molecule has 1 fully saturated rings. The fourth-order valence-corrected chi connectivity index (χ4v) is 3.12. The molecule has 0 amide bonds. The number of fused-ring (bicyclic) bond motifs is 1. The quantitative estimate of drug-likeness (QED) is 0.832. The van der Waals surface area contributed by atoms with Crippen LogP contribution in [0.15, 0.2) is 12.1 Å². The zero-order valence-electron chi connectivity index (χ0n) is 13.2. The number of likely N-dealkylation sites (N-methyl/N-ethyl adjacent to an activating group) is 1. The number of benzene rings is 1. The molecule has 1 aromatic rings. The normalized spacial score (nSPS) is 18.4. The van der Waals surface area contributed by atoms with Crippen LogP contribution in [0.4, 0.5) is 0 Å². The Morgan fingerprint density at radius 3 is 2.57 bits per heavy atom. The van der Waals surface area contributed by atoms with E-state index in [1.54, 1.807) is 0 Å². The summed E-state index contributed by atoms with van der Waals surface area (Å²) in [6, 6.07) is 4.23. The average Bonchev–Trinajstić information content (AvgIpc) is 2.94. The topological polar surface area (TPSA) is 24.9 Å². The summed E-state index contributed by atoms with van der Waals surface area (Å²) >= 11 is 0. The Morgan fingerprint density at radius 1 is 1.10 bits per heavy atom. The summed E-state index contributed by atoms with van der Waals surface area (Å²) < 4.78 is 10.9. The number of piperidine rings is 1. The predicted molar refractivity (Wildman–Crippen MR) is 83.9 cm³/mol. The molecule has 0 aromatic heterocycles. The predicted octanol–water partition coefficient (Wildman–Crippen LogP) is 2.64. The maximum absolute atomic E-state index is 5.48. The van der Waals surface area contributed by atoms with Crippen molar-refractivity contribution >= 4 is 0 Å². The van der Waals surface area contributed by atoms with Crippen molar-refractivity contribution in [2.45, 2.75) is 32.7 Å². The number of hydrogen-bond donors (Lipinski definition) is 0. The number of hydrogen-bond acceptors (Lipinski definition) is 4. The van der Waals surface area contributed by atoms with Gasteiger partial charge in [-0.15, -0.1) is 0 Å². The van der Waals surface area contributed by atoms with Gasteiger partial charge in [-0.25, -0.2) is 0 Å². The fraction of sp³-hybridized carbons (Fsp3) is 0.647. The van der Waals surface area contributed by atoms with E-state index in [1.165, 1.54) is 50.0 Å². The highest BCUT2D eigenvalue weighted by atomic mass is 16.7. The van der Waals surface area contributed by atoms with Gasteiger partial charge in [0.2, 0.25) is 6.79 Å². The van der Waals surface area contributed by atoms with Gasteiger partial charge >= 0.3 is 0 Å². The van der Waals surface area contributed by atoms with Gasteiger partial charge < -0.3 is 19.3 Å². The van der Waals surface area contributed by atoms with Crippen LogP contribution in [0.1, 0.15) is 30.4 Å². The molecule has 1 aromatic carbocycles. The molecule has 2 heterocycles. The van der Waals surface area contributed by atoms with E-state index >= 15 is 0 Å². The van der Waals surface area contributed by atoms with Crippen LogP contribution in [-0.2, 0) is 6.54 Å². The number of likely N-dealkylation sites (tertiary alicyclic amines) is 1. The summed E-state index contributed by atoms with van der Waals surface area (Å²) in [7, 11) is 2.20. The Kier molecular flexibility index (Phi) is 4.66. The summed E-state index contributed by atoms with van der Waals surface area (Å²) in [5, 5.41) is 0. The molecule has 116 valence electrons. The molecule has 3 rings (SSSR count). The van der Waals surface area contributed by atoms with Gasteiger partial charge in [-0.2, -0.15) is 0 Å². The molecule has 0 radical (unpaired) electrons. The van der Waals surface area contributed by atoms with Gasteiger partial charge in [-0.1, -0.05) is 6.42 Å². The number of ether oxygens (including phenoxy) is 2. The highest BCUT2D eigenvalue weighted by Gasteiger charge is 2.16. The highest BCUT2D eigenvalue weighted by Crippen LogP contribution is 2.34. The van der Waals surface area contributed by atoms with Crippen LogP contribution >= 0.6 is 0 Å². The third kappa shape index (κ3) is 3.69. The first kappa shape index (κ1) is 14.7. The summed E-state index contributed by atoms with van der Waals surface area (Å²) in [5.74, 6) is 1.77. The lowest BCUT2D eigenvalue weighted by molar-refractivity contribution is 0.174. The van der Waals surface area contributed by atoms with E-state index in [0.717, 1.165) is 24.6 Å². The zero-order chi connectivity index (χ0) is 14.7. The van der Waals surface area contributed by atoms with Gasteiger partial charge in [0.05, 0.1) is 0 Å². The summed E-state index contributed by atoms with van der Waals surface area (Å²) in [5.41, 5.74) is 2.62. The largest absolute Gasteiger partial charge is 0.454 e. The Hall–Kier alpha value is -1.26. The van der Waals surface area contributed by atoms with Gasteiger partial charge in [-0.05, 0) is 63.2 Å². The molecule has 4 nitrogen and oxygen atoms in total. The van der Waals surface area contributed by atoms with Crippen LogP contribution in [0.25, 0.3) is 0 Å². The van der Waals surface area contributed by atoms with Crippen molar-refractivity contribution in [2.24, 2.45) is 0 Å². The third-order valence-corrected chi connectivity index (χ3v) is 4.52. The molecule has 0 spiro atoms. The number of nitrogens with zero attached hydrogens (tertiary/aromatic N) is 2. The van der Waals surface area contributed by atoms with Crippen molar-refractivity contribution in [2.75, 3.05) is 40.0 Å². The van der Waals surface area contributed by atoms with E-state index in [2.05, 4.69) is 35.9 Å². The summed E-state index contributed by atoms with van der Waals surface area (Å²) in [6.07, 6.45) is 4.14. The van der Waals surface area contributed by atoms with Crippen LogP contribution < -0.4 is 9.47 Å². The Balaban J connectivity index is 1.53. The maximum atomic E-state index is 5.48. The first-order valence-electron chi connectivity index (χ1n) is 8.02. The first-order chi connectivity index (χ1) is 10.2. The lowest BCUT2D eigenvalue weighted by atomic mass is 10.1. The average molecular weight is 290 g/mol. The van der Waals surface area contributed by atoms with Crippen LogP contribution in [0.2, 0.25) is 0 Å². The minimum absolute atomic E-state index is 0.350. The van der Waals surface area contributed by atoms with E-state index in [4.69, 9.17) is 9.47 Å². The van der Waals surface area contributed by atoms with E-state index < -0.39 is 0 Å². The Labute approximate surface area is 127 Å². The number of rotatable bonds is 5. The molecule has 0 saturated carbocycles. The van der Waals surface area contributed by atoms with E-state index in [1.807, 2.05) is 0 Å². The highest BCUT2D eigenvalue weighted by molar-refractivity contribution is 5.48. The summed E-state index contributed by atoms with van der Waals surface area (Å²) in [4.78, 5) is 4.99.